The van der Waals surface area contributed by atoms with Crippen LogP contribution in [0.4, 0.5) is 0 Å². The van der Waals surface area contributed by atoms with Crippen LogP contribution in [0.2, 0.25) is 0 Å². The third-order valence-corrected chi connectivity index (χ3v) is 3.24. The number of benzene rings is 1. The normalized spacial score (nSPS) is 13.1. The number of fused-ring (bicyclic) bond motifs is 1. The highest BCUT2D eigenvalue weighted by atomic mass is 16.4. The summed E-state index contributed by atoms with van der Waals surface area (Å²) in [5.41, 5.74) is 0.807. The van der Waals surface area contributed by atoms with Crippen LogP contribution < -0.4 is 5.32 Å². The van der Waals surface area contributed by atoms with Gasteiger partial charge in [0, 0.05) is 11.3 Å². The number of hydrogen-bond donors (Lipinski definition) is 2. The maximum Gasteiger partial charge on any atom is 0.326 e. The van der Waals surface area contributed by atoms with Crippen molar-refractivity contribution in [3.05, 3.63) is 42.1 Å². The first-order chi connectivity index (χ1) is 10.5. The van der Waals surface area contributed by atoms with Crippen LogP contribution in [0.5, 0.6) is 0 Å². The van der Waals surface area contributed by atoms with Crippen LogP contribution in [0.25, 0.3) is 10.9 Å². The highest BCUT2D eigenvalue weighted by Crippen LogP contribution is 2.12. The van der Waals surface area contributed by atoms with Gasteiger partial charge in [0.15, 0.2) is 0 Å². The van der Waals surface area contributed by atoms with E-state index in [0.717, 1.165) is 5.39 Å². The van der Waals surface area contributed by atoms with E-state index >= 15 is 0 Å². The van der Waals surface area contributed by atoms with Gasteiger partial charge in [-0.15, -0.1) is 0 Å². The first-order valence-electron chi connectivity index (χ1n) is 6.80. The molecule has 0 fully saturated rings. The average Bonchev–Trinajstić information content (AvgIpc) is 2.53. The van der Waals surface area contributed by atoms with Gasteiger partial charge in [-0.2, -0.15) is 5.26 Å². The fourth-order valence-electron chi connectivity index (χ4n) is 2.05. The largest absolute Gasteiger partial charge is 0.480 e. The molecule has 2 rings (SSSR count). The van der Waals surface area contributed by atoms with Gasteiger partial charge in [0.05, 0.1) is 11.6 Å². The zero-order valence-electron chi connectivity index (χ0n) is 12.0. The van der Waals surface area contributed by atoms with Gasteiger partial charge in [-0.3, -0.25) is 4.79 Å². The minimum absolute atomic E-state index is 0.0468. The second kappa shape index (κ2) is 6.68. The van der Waals surface area contributed by atoms with Gasteiger partial charge in [-0.1, -0.05) is 24.3 Å². The SMILES string of the molecule is C[C@H](C#N)C[C@@H](NC(=O)c1ccc2ccccc2n1)C(=O)O. The van der Waals surface area contributed by atoms with Gasteiger partial charge in [-0.25, -0.2) is 9.78 Å². The molecule has 112 valence electrons. The molecule has 22 heavy (non-hydrogen) atoms. The van der Waals surface area contributed by atoms with E-state index in [1.807, 2.05) is 24.3 Å². The Bertz CT molecular complexity index is 752. The summed E-state index contributed by atoms with van der Waals surface area (Å²) in [4.78, 5) is 27.6. The topological polar surface area (TPSA) is 103 Å². The number of carbonyl (C=O) groups is 2. The summed E-state index contributed by atoms with van der Waals surface area (Å²) in [6, 6.07) is 11.5. The van der Waals surface area contributed by atoms with Gasteiger partial charge in [0.2, 0.25) is 0 Å². The summed E-state index contributed by atoms with van der Waals surface area (Å²) in [5, 5.41) is 21.2. The number of carbonyl (C=O) groups excluding carboxylic acids is 1. The number of nitrogens with zero attached hydrogens (tertiary/aromatic N) is 2. The Morgan fingerprint density at radius 2 is 2.05 bits per heavy atom. The molecule has 0 aliphatic carbocycles. The predicted molar refractivity (Wildman–Crippen MR) is 80.0 cm³/mol. The Morgan fingerprint density at radius 3 is 2.73 bits per heavy atom. The van der Waals surface area contributed by atoms with Crippen molar-refractivity contribution in [2.24, 2.45) is 5.92 Å². The van der Waals surface area contributed by atoms with Crippen LogP contribution in [-0.4, -0.2) is 28.0 Å². The van der Waals surface area contributed by atoms with E-state index in [9.17, 15) is 9.59 Å². The van der Waals surface area contributed by atoms with Crippen molar-refractivity contribution in [2.75, 3.05) is 0 Å². The molecule has 0 spiro atoms. The zero-order chi connectivity index (χ0) is 16.1. The fourth-order valence-corrected chi connectivity index (χ4v) is 2.05. The van der Waals surface area contributed by atoms with E-state index in [1.54, 1.807) is 25.1 Å². The number of para-hydroxylation sites is 1. The monoisotopic (exact) mass is 297 g/mol. The summed E-state index contributed by atoms with van der Waals surface area (Å²) in [6.45, 7) is 1.61. The van der Waals surface area contributed by atoms with Crippen molar-refractivity contribution < 1.29 is 14.7 Å². The molecule has 6 nitrogen and oxygen atoms in total. The molecule has 2 N–H and O–H groups in total. The van der Waals surface area contributed by atoms with Crippen molar-refractivity contribution in [3.63, 3.8) is 0 Å². The number of rotatable bonds is 5. The van der Waals surface area contributed by atoms with Crippen molar-refractivity contribution >= 4 is 22.8 Å². The Balaban J connectivity index is 2.18. The Morgan fingerprint density at radius 1 is 1.32 bits per heavy atom. The first kappa shape index (κ1) is 15.4. The average molecular weight is 297 g/mol. The molecule has 2 atom stereocenters. The summed E-state index contributed by atoms with van der Waals surface area (Å²) in [7, 11) is 0. The van der Waals surface area contributed by atoms with Crippen LogP contribution >= 0.6 is 0 Å². The van der Waals surface area contributed by atoms with Gasteiger partial charge in [0.25, 0.3) is 5.91 Å². The summed E-state index contributed by atoms with van der Waals surface area (Å²) in [6.07, 6.45) is 0.0468. The second-order valence-corrected chi connectivity index (χ2v) is 5.02. The van der Waals surface area contributed by atoms with Gasteiger partial charge in [0.1, 0.15) is 11.7 Å². The predicted octanol–water partition coefficient (Wildman–Crippen LogP) is 1.97. The molecule has 6 heteroatoms. The number of nitriles is 1. The number of nitrogens with one attached hydrogen (secondary N) is 1. The third-order valence-electron chi connectivity index (χ3n) is 3.24. The van der Waals surface area contributed by atoms with Crippen molar-refractivity contribution in [1.29, 1.82) is 5.26 Å². The molecular formula is C16H15N3O3. The number of aromatic nitrogens is 1. The van der Waals surface area contributed by atoms with Gasteiger partial charge >= 0.3 is 5.97 Å². The Kier molecular flexibility index (Phi) is 4.69. The van der Waals surface area contributed by atoms with Crippen LogP contribution in [0.15, 0.2) is 36.4 Å². The van der Waals surface area contributed by atoms with Crippen molar-refractivity contribution in [2.45, 2.75) is 19.4 Å². The quantitative estimate of drug-likeness (QED) is 0.878. The molecule has 0 radical (unpaired) electrons. The molecule has 0 unspecified atom stereocenters. The smallest absolute Gasteiger partial charge is 0.326 e. The number of carboxylic acid groups (broad SMARTS) is 1. The molecule has 0 aliphatic rings. The molecule has 2 aromatic rings. The molecule has 1 heterocycles. The molecule has 1 aromatic heterocycles. The second-order valence-electron chi connectivity index (χ2n) is 5.02. The van der Waals surface area contributed by atoms with Crippen LogP contribution in [0.1, 0.15) is 23.8 Å². The molecule has 1 amide bonds. The maximum atomic E-state index is 12.2. The standard InChI is InChI=1S/C16H15N3O3/c1-10(9-17)8-14(16(21)22)19-15(20)13-7-6-11-4-2-3-5-12(11)18-13/h2-7,10,14H,8H2,1H3,(H,19,20)(H,21,22)/t10-,14+/m0/s1. The number of carboxylic acids is 1. The summed E-state index contributed by atoms with van der Waals surface area (Å²) < 4.78 is 0. The lowest BCUT2D eigenvalue weighted by atomic mass is 10.0. The van der Waals surface area contributed by atoms with Crippen molar-refractivity contribution in [1.82, 2.24) is 10.3 Å². The summed E-state index contributed by atoms with van der Waals surface area (Å²) in [5.74, 6) is -2.20. The number of aliphatic carboxylic acids is 1. The van der Waals surface area contributed by atoms with E-state index in [0.29, 0.717) is 5.52 Å². The lowest BCUT2D eigenvalue weighted by Gasteiger charge is -2.15. The van der Waals surface area contributed by atoms with Crippen LogP contribution in [0, 0.1) is 17.2 Å². The number of pyridine rings is 1. The molecule has 0 saturated heterocycles. The zero-order valence-corrected chi connectivity index (χ0v) is 12.0. The molecule has 1 aromatic carbocycles. The van der Waals surface area contributed by atoms with Crippen LogP contribution in [0.3, 0.4) is 0 Å². The maximum absolute atomic E-state index is 12.2. The molecule has 0 saturated carbocycles. The van der Waals surface area contributed by atoms with E-state index < -0.39 is 23.8 Å². The minimum Gasteiger partial charge on any atom is -0.480 e. The van der Waals surface area contributed by atoms with E-state index in [2.05, 4.69) is 10.3 Å². The number of amides is 1. The summed E-state index contributed by atoms with van der Waals surface area (Å²) >= 11 is 0. The van der Waals surface area contributed by atoms with Crippen LogP contribution in [-0.2, 0) is 4.79 Å². The van der Waals surface area contributed by atoms with Gasteiger partial charge < -0.3 is 10.4 Å². The fraction of sp³-hybridized carbons (Fsp3) is 0.250. The van der Waals surface area contributed by atoms with Gasteiger partial charge in [-0.05, 0) is 25.5 Å². The van der Waals surface area contributed by atoms with E-state index in [4.69, 9.17) is 10.4 Å². The first-order valence-corrected chi connectivity index (χ1v) is 6.80. The Labute approximate surface area is 127 Å². The third kappa shape index (κ3) is 3.58. The highest BCUT2D eigenvalue weighted by molar-refractivity contribution is 5.96. The Hall–Kier alpha value is -2.94. The molecular weight excluding hydrogens is 282 g/mol. The van der Waals surface area contributed by atoms with E-state index in [1.165, 1.54) is 0 Å². The lowest BCUT2D eigenvalue weighted by Crippen LogP contribution is -2.42. The number of hydrogen-bond acceptors (Lipinski definition) is 4. The molecule has 0 bridgehead atoms. The van der Waals surface area contributed by atoms with E-state index in [-0.39, 0.29) is 12.1 Å². The lowest BCUT2D eigenvalue weighted by molar-refractivity contribution is -0.139. The minimum atomic E-state index is -1.17. The van der Waals surface area contributed by atoms with Crippen molar-refractivity contribution in [3.8, 4) is 6.07 Å². The molecule has 0 aliphatic heterocycles. The highest BCUT2D eigenvalue weighted by Gasteiger charge is 2.23.